The molecule has 2 aromatic rings. The van der Waals surface area contributed by atoms with Crippen LogP contribution in [0.15, 0.2) is 36.7 Å². The highest BCUT2D eigenvalue weighted by atomic mass is 19.3. The van der Waals surface area contributed by atoms with E-state index in [0.29, 0.717) is 11.7 Å². The van der Waals surface area contributed by atoms with E-state index < -0.39 is 6.55 Å². The highest BCUT2D eigenvalue weighted by Gasteiger charge is 2.10. The van der Waals surface area contributed by atoms with Gasteiger partial charge in [-0.15, -0.1) is 0 Å². The zero-order chi connectivity index (χ0) is 13.8. The number of aromatic nitrogens is 2. The number of hydrogen-bond acceptors (Lipinski definition) is 2. The van der Waals surface area contributed by atoms with E-state index in [4.69, 9.17) is 0 Å². The lowest BCUT2D eigenvalue weighted by molar-refractivity contribution is 0.0673. The summed E-state index contributed by atoms with van der Waals surface area (Å²) in [5, 5.41) is 3.12. The van der Waals surface area contributed by atoms with Crippen molar-refractivity contribution < 1.29 is 8.78 Å². The van der Waals surface area contributed by atoms with Gasteiger partial charge in [-0.2, -0.15) is 8.78 Å². The molecule has 0 saturated carbocycles. The Kier molecular flexibility index (Phi) is 4.14. The van der Waals surface area contributed by atoms with Gasteiger partial charge in [0.1, 0.15) is 5.82 Å². The van der Waals surface area contributed by atoms with E-state index in [2.05, 4.69) is 30.2 Å². The molecule has 2 rings (SSSR count). The average Bonchev–Trinajstić information content (AvgIpc) is 2.85. The molecule has 0 amide bonds. The van der Waals surface area contributed by atoms with Crippen LogP contribution in [0.3, 0.4) is 0 Å². The van der Waals surface area contributed by atoms with Gasteiger partial charge < -0.3 is 5.32 Å². The van der Waals surface area contributed by atoms with Crippen LogP contribution < -0.4 is 5.32 Å². The molecule has 0 fully saturated rings. The first-order chi connectivity index (χ1) is 9.08. The molecule has 1 N–H and O–H groups in total. The molecular weight excluding hydrogens is 248 g/mol. The molecule has 5 heteroatoms. The van der Waals surface area contributed by atoms with Crippen molar-refractivity contribution in [3.05, 3.63) is 48.0 Å². The van der Waals surface area contributed by atoms with Crippen molar-refractivity contribution in [3.63, 3.8) is 0 Å². The topological polar surface area (TPSA) is 29.9 Å². The fourth-order valence-electron chi connectivity index (χ4n) is 1.85. The van der Waals surface area contributed by atoms with Crippen molar-refractivity contribution in [3.8, 4) is 0 Å². The number of benzene rings is 1. The number of anilines is 1. The quantitative estimate of drug-likeness (QED) is 0.885. The second-order valence-corrected chi connectivity index (χ2v) is 4.66. The third-order valence-corrected chi connectivity index (χ3v) is 2.96. The highest BCUT2D eigenvalue weighted by Crippen LogP contribution is 2.19. The second-order valence-electron chi connectivity index (χ2n) is 4.66. The molecule has 1 heterocycles. The van der Waals surface area contributed by atoms with E-state index in [-0.39, 0.29) is 6.54 Å². The van der Waals surface area contributed by atoms with E-state index in [1.54, 1.807) is 0 Å². The van der Waals surface area contributed by atoms with E-state index in [0.717, 1.165) is 10.3 Å². The molecule has 0 aliphatic rings. The van der Waals surface area contributed by atoms with Crippen LogP contribution in [0.25, 0.3) is 0 Å². The molecule has 0 atom stereocenters. The van der Waals surface area contributed by atoms with E-state index in [1.807, 2.05) is 18.2 Å². The lowest BCUT2D eigenvalue weighted by Crippen LogP contribution is -2.09. The Morgan fingerprint density at radius 3 is 2.79 bits per heavy atom. The molecule has 1 aromatic heterocycles. The summed E-state index contributed by atoms with van der Waals surface area (Å²) in [7, 11) is 0. The predicted molar refractivity (Wildman–Crippen MR) is 71.3 cm³/mol. The first kappa shape index (κ1) is 13.5. The van der Waals surface area contributed by atoms with Crippen LogP contribution in [0.4, 0.5) is 14.5 Å². The fourth-order valence-corrected chi connectivity index (χ4v) is 1.85. The SMILES string of the molecule is CC(C)c1cccc(NCc2nccn2C(F)F)c1. The zero-order valence-electron chi connectivity index (χ0n) is 11.0. The van der Waals surface area contributed by atoms with Crippen molar-refractivity contribution in [2.24, 2.45) is 0 Å². The normalized spacial score (nSPS) is 11.3. The van der Waals surface area contributed by atoms with Gasteiger partial charge in [-0.1, -0.05) is 26.0 Å². The Morgan fingerprint density at radius 2 is 2.11 bits per heavy atom. The van der Waals surface area contributed by atoms with Gasteiger partial charge in [0.05, 0.1) is 6.54 Å². The van der Waals surface area contributed by atoms with Crippen molar-refractivity contribution in [1.82, 2.24) is 9.55 Å². The summed E-state index contributed by atoms with van der Waals surface area (Å²) in [5.74, 6) is 0.759. The Bertz CT molecular complexity index is 535. The summed E-state index contributed by atoms with van der Waals surface area (Å²) >= 11 is 0. The summed E-state index contributed by atoms with van der Waals surface area (Å²) in [6, 6.07) is 7.95. The van der Waals surface area contributed by atoms with Gasteiger partial charge in [-0.05, 0) is 23.6 Å². The van der Waals surface area contributed by atoms with Gasteiger partial charge in [-0.25, -0.2) is 4.98 Å². The van der Waals surface area contributed by atoms with Crippen molar-refractivity contribution in [2.75, 3.05) is 5.32 Å². The van der Waals surface area contributed by atoms with Crippen molar-refractivity contribution >= 4 is 5.69 Å². The summed E-state index contributed by atoms with van der Waals surface area (Å²) < 4.78 is 26.2. The number of nitrogens with zero attached hydrogens (tertiary/aromatic N) is 2. The molecule has 0 unspecified atom stereocenters. The third kappa shape index (κ3) is 3.30. The lowest BCUT2D eigenvalue weighted by Gasteiger charge is -2.11. The van der Waals surface area contributed by atoms with Gasteiger partial charge in [0.2, 0.25) is 0 Å². The molecule has 0 aliphatic heterocycles. The van der Waals surface area contributed by atoms with Gasteiger partial charge in [0.15, 0.2) is 0 Å². The molecule has 0 saturated heterocycles. The van der Waals surface area contributed by atoms with Crippen molar-refractivity contribution in [2.45, 2.75) is 32.9 Å². The molecule has 0 radical (unpaired) electrons. The van der Waals surface area contributed by atoms with E-state index in [1.165, 1.54) is 18.0 Å². The number of rotatable bonds is 5. The average molecular weight is 265 g/mol. The maximum Gasteiger partial charge on any atom is 0.319 e. The molecule has 19 heavy (non-hydrogen) atoms. The minimum absolute atomic E-state index is 0.277. The monoisotopic (exact) mass is 265 g/mol. The summed E-state index contributed by atoms with van der Waals surface area (Å²) in [6.45, 7) is 1.95. The molecule has 0 bridgehead atoms. The number of imidazole rings is 1. The minimum atomic E-state index is -2.55. The van der Waals surface area contributed by atoms with Gasteiger partial charge >= 0.3 is 6.55 Å². The van der Waals surface area contributed by atoms with Crippen LogP contribution in [0, 0.1) is 0 Å². The van der Waals surface area contributed by atoms with Crippen LogP contribution in [-0.4, -0.2) is 9.55 Å². The van der Waals surface area contributed by atoms with Crippen LogP contribution in [0.1, 0.15) is 37.7 Å². The molecule has 102 valence electrons. The Labute approximate surface area is 111 Å². The number of alkyl halides is 2. The zero-order valence-corrected chi connectivity index (χ0v) is 11.0. The first-order valence-electron chi connectivity index (χ1n) is 6.21. The number of halogens is 2. The Morgan fingerprint density at radius 1 is 1.32 bits per heavy atom. The van der Waals surface area contributed by atoms with Crippen LogP contribution in [0.2, 0.25) is 0 Å². The fraction of sp³-hybridized carbons (Fsp3) is 0.357. The van der Waals surface area contributed by atoms with E-state index in [9.17, 15) is 8.78 Å². The summed E-state index contributed by atoms with van der Waals surface area (Å²) in [4.78, 5) is 3.93. The molecule has 0 aliphatic carbocycles. The molecular formula is C14H17F2N3. The largest absolute Gasteiger partial charge is 0.378 e. The van der Waals surface area contributed by atoms with Gasteiger partial charge in [0, 0.05) is 18.1 Å². The predicted octanol–water partition coefficient (Wildman–Crippen LogP) is 4.01. The first-order valence-corrected chi connectivity index (χ1v) is 6.21. The second kappa shape index (κ2) is 5.82. The number of nitrogens with one attached hydrogen (secondary N) is 1. The third-order valence-electron chi connectivity index (χ3n) is 2.96. The van der Waals surface area contributed by atoms with Crippen LogP contribution in [0.5, 0.6) is 0 Å². The Hall–Kier alpha value is -1.91. The van der Waals surface area contributed by atoms with Crippen LogP contribution >= 0.6 is 0 Å². The summed E-state index contributed by atoms with van der Waals surface area (Å²) in [6.07, 6.45) is 2.67. The van der Waals surface area contributed by atoms with Crippen molar-refractivity contribution in [1.29, 1.82) is 0 Å². The summed E-state index contributed by atoms with van der Waals surface area (Å²) in [5.41, 5.74) is 2.12. The minimum Gasteiger partial charge on any atom is -0.378 e. The smallest absolute Gasteiger partial charge is 0.319 e. The molecule has 3 nitrogen and oxygen atoms in total. The lowest BCUT2D eigenvalue weighted by atomic mass is 10.0. The maximum absolute atomic E-state index is 12.7. The molecule has 1 aromatic carbocycles. The maximum atomic E-state index is 12.7. The van der Waals surface area contributed by atoms with Gasteiger partial charge in [-0.3, -0.25) is 4.57 Å². The standard InChI is InChI=1S/C14H17F2N3/c1-10(2)11-4-3-5-12(8-11)18-9-13-17-6-7-19(13)14(15)16/h3-8,10,14,18H,9H2,1-2H3. The van der Waals surface area contributed by atoms with Gasteiger partial charge in [0.25, 0.3) is 0 Å². The number of hydrogen-bond donors (Lipinski definition) is 1. The Balaban J connectivity index is 2.06. The molecule has 0 spiro atoms. The highest BCUT2D eigenvalue weighted by molar-refractivity contribution is 5.46. The van der Waals surface area contributed by atoms with Crippen LogP contribution in [-0.2, 0) is 6.54 Å². The van der Waals surface area contributed by atoms with E-state index >= 15 is 0 Å².